The van der Waals surface area contributed by atoms with Gasteiger partial charge in [-0.1, -0.05) is 67.8 Å². The molecule has 3 aromatic carbocycles. The molecule has 1 fully saturated rings. The maximum atomic E-state index is 14.2. The number of amides is 2. The molecule has 41 heavy (non-hydrogen) atoms. The van der Waals surface area contributed by atoms with E-state index in [0.29, 0.717) is 17.9 Å². The summed E-state index contributed by atoms with van der Waals surface area (Å²) in [5.41, 5.74) is 2.26. The zero-order chi connectivity index (χ0) is 29.4. The van der Waals surface area contributed by atoms with Crippen LogP contribution in [0.3, 0.4) is 0 Å². The number of nitrogens with zero attached hydrogens (tertiary/aromatic N) is 2. The van der Waals surface area contributed by atoms with Gasteiger partial charge in [-0.2, -0.15) is 0 Å². The minimum Gasteiger partial charge on any atom is -0.497 e. The fraction of sp³-hybridized carbons (Fsp3) is 0.375. The molecule has 1 atom stereocenters. The number of aryl methyl sites for hydroxylation is 1. The van der Waals surface area contributed by atoms with Gasteiger partial charge in [0.05, 0.1) is 17.7 Å². The van der Waals surface area contributed by atoms with Gasteiger partial charge < -0.3 is 15.0 Å². The largest absolute Gasteiger partial charge is 0.497 e. The number of hydrogen-bond acceptors (Lipinski definition) is 5. The molecule has 0 unspecified atom stereocenters. The van der Waals surface area contributed by atoms with Gasteiger partial charge in [-0.3, -0.25) is 13.9 Å². The Bertz CT molecular complexity index is 1400. The summed E-state index contributed by atoms with van der Waals surface area (Å²) in [6, 6.07) is 21.7. The summed E-state index contributed by atoms with van der Waals surface area (Å²) in [5, 5.41) is 3.14. The van der Waals surface area contributed by atoms with Crippen LogP contribution in [0, 0.1) is 6.92 Å². The van der Waals surface area contributed by atoms with Gasteiger partial charge in [-0.05, 0) is 68.1 Å². The molecule has 0 bridgehead atoms. The van der Waals surface area contributed by atoms with Crippen LogP contribution in [-0.4, -0.2) is 50.9 Å². The quantitative estimate of drug-likeness (QED) is 0.325. The molecular formula is C32H39N3O5S. The van der Waals surface area contributed by atoms with Crippen molar-refractivity contribution in [3.63, 3.8) is 0 Å². The SMILES string of the molecule is CC[C@@H](C(=O)NC1CCCC1)N(Cc1ccc(C)cc1)C(=O)CN(c1ccc(OC)cc1)S(=O)(=O)c1ccccc1. The standard InChI is InChI=1S/C32H39N3O5S/c1-4-30(32(37)33-26-10-8-9-11-26)34(22-25-16-14-24(2)15-17-25)31(36)23-35(27-18-20-28(40-3)21-19-27)41(38,39)29-12-6-5-7-13-29/h5-7,12-21,26,30H,4,8-11,22-23H2,1-3H3,(H,33,37)/t30-/m0/s1. The molecule has 4 rings (SSSR count). The molecule has 1 saturated carbocycles. The second kappa shape index (κ2) is 13.7. The summed E-state index contributed by atoms with van der Waals surface area (Å²) < 4.78 is 34.1. The third kappa shape index (κ3) is 7.47. The topological polar surface area (TPSA) is 96.0 Å². The zero-order valence-corrected chi connectivity index (χ0v) is 24.8. The summed E-state index contributed by atoms with van der Waals surface area (Å²) in [5.74, 6) is -0.108. The molecule has 0 aromatic heterocycles. The lowest BCUT2D eigenvalue weighted by atomic mass is 10.1. The number of methoxy groups -OCH3 is 1. The van der Waals surface area contributed by atoms with Crippen molar-refractivity contribution in [3.05, 3.63) is 90.0 Å². The van der Waals surface area contributed by atoms with Crippen molar-refractivity contribution in [1.29, 1.82) is 0 Å². The second-order valence-electron chi connectivity index (χ2n) is 10.4. The van der Waals surface area contributed by atoms with E-state index in [2.05, 4.69) is 5.32 Å². The Balaban J connectivity index is 1.70. The Morgan fingerprint density at radius 1 is 0.951 bits per heavy atom. The van der Waals surface area contributed by atoms with Crippen molar-refractivity contribution in [2.45, 2.75) is 69.5 Å². The predicted molar refractivity (Wildman–Crippen MR) is 160 cm³/mol. The predicted octanol–water partition coefficient (Wildman–Crippen LogP) is 5.07. The van der Waals surface area contributed by atoms with Gasteiger partial charge in [0.25, 0.3) is 10.0 Å². The Morgan fingerprint density at radius 2 is 1.59 bits per heavy atom. The molecule has 0 heterocycles. The van der Waals surface area contributed by atoms with E-state index in [-0.39, 0.29) is 23.4 Å². The van der Waals surface area contributed by atoms with Crippen LogP contribution in [0.25, 0.3) is 0 Å². The van der Waals surface area contributed by atoms with Crippen LogP contribution in [0.15, 0.2) is 83.8 Å². The number of carbonyl (C=O) groups excluding carboxylic acids is 2. The molecule has 3 aromatic rings. The van der Waals surface area contributed by atoms with Crippen LogP contribution < -0.4 is 14.4 Å². The van der Waals surface area contributed by atoms with Crippen molar-refractivity contribution >= 4 is 27.5 Å². The van der Waals surface area contributed by atoms with Gasteiger partial charge >= 0.3 is 0 Å². The molecule has 8 nitrogen and oxygen atoms in total. The van der Waals surface area contributed by atoms with Crippen molar-refractivity contribution in [3.8, 4) is 5.75 Å². The van der Waals surface area contributed by atoms with Crippen LogP contribution in [0.2, 0.25) is 0 Å². The van der Waals surface area contributed by atoms with Gasteiger partial charge in [0.2, 0.25) is 11.8 Å². The number of ether oxygens (including phenoxy) is 1. The smallest absolute Gasteiger partial charge is 0.264 e. The molecule has 0 radical (unpaired) electrons. The van der Waals surface area contributed by atoms with Crippen LogP contribution in [0.4, 0.5) is 5.69 Å². The average Bonchev–Trinajstić information content (AvgIpc) is 3.50. The minimum atomic E-state index is -4.11. The Morgan fingerprint density at radius 3 is 2.17 bits per heavy atom. The van der Waals surface area contributed by atoms with E-state index < -0.39 is 28.5 Å². The van der Waals surface area contributed by atoms with Crippen molar-refractivity contribution in [2.24, 2.45) is 0 Å². The highest BCUT2D eigenvalue weighted by Gasteiger charge is 2.34. The van der Waals surface area contributed by atoms with Gasteiger partial charge in [-0.15, -0.1) is 0 Å². The molecule has 0 saturated heterocycles. The third-order valence-electron chi connectivity index (χ3n) is 7.53. The molecule has 9 heteroatoms. The number of sulfonamides is 1. The fourth-order valence-electron chi connectivity index (χ4n) is 5.17. The summed E-state index contributed by atoms with van der Waals surface area (Å²) >= 11 is 0. The van der Waals surface area contributed by atoms with E-state index in [9.17, 15) is 18.0 Å². The maximum absolute atomic E-state index is 14.2. The second-order valence-corrected chi connectivity index (χ2v) is 12.3. The zero-order valence-electron chi connectivity index (χ0n) is 24.0. The first-order valence-electron chi connectivity index (χ1n) is 14.1. The van der Waals surface area contributed by atoms with Crippen LogP contribution in [0.5, 0.6) is 5.75 Å². The highest BCUT2D eigenvalue weighted by Crippen LogP contribution is 2.27. The first-order valence-corrected chi connectivity index (χ1v) is 15.5. The molecule has 218 valence electrons. The first kappa shape index (κ1) is 30.1. The highest BCUT2D eigenvalue weighted by atomic mass is 32.2. The van der Waals surface area contributed by atoms with Gasteiger partial charge in [-0.25, -0.2) is 8.42 Å². The van der Waals surface area contributed by atoms with E-state index in [1.807, 2.05) is 38.1 Å². The molecule has 0 spiro atoms. The Hall–Kier alpha value is -3.85. The molecule has 1 N–H and O–H groups in total. The number of carbonyl (C=O) groups is 2. The Labute approximate surface area is 243 Å². The first-order chi connectivity index (χ1) is 19.7. The van der Waals surface area contributed by atoms with E-state index in [0.717, 1.165) is 41.1 Å². The average molecular weight is 578 g/mol. The van der Waals surface area contributed by atoms with Crippen molar-refractivity contribution in [1.82, 2.24) is 10.2 Å². The van der Waals surface area contributed by atoms with Crippen molar-refractivity contribution in [2.75, 3.05) is 18.0 Å². The molecule has 1 aliphatic carbocycles. The summed E-state index contributed by atoms with van der Waals surface area (Å²) in [6.45, 7) is 3.56. The van der Waals surface area contributed by atoms with Crippen LogP contribution in [0.1, 0.15) is 50.2 Å². The lowest BCUT2D eigenvalue weighted by Crippen LogP contribution is -2.53. The third-order valence-corrected chi connectivity index (χ3v) is 9.32. The lowest BCUT2D eigenvalue weighted by Gasteiger charge is -2.33. The van der Waals surface area contributed by atoms with Crippen molar-refractivity contribution < 1.29 is 22.7 Å². The van der Waals surface area contributed by atoms with E-state index in [1.54, 1.807) is 42.5 Å². The summed E-state index contributed by atoms with van der Waals surface area (Å²) in [6.07, 6.45) is 4.39. The molecule has 0 aliphatic heterocycles. The molecular weight excluding hydrogens is 538 g/mol. The van der Waals surface area contributed by atoms with Gasteiger partial charge in [0, 0.05) is 12.6 Å². The maximum Gasteiger partial charge on any atom is 0.264 e. The van der Waals surface area contributed by atoms with Crippen LogP contribution in [-0.2, 0) is 26.2 Å². The van der Waals surface area contributed by atoms with Gasteiger partial charge in [0.1, 0.15) is 18.3 Å². The number of hydrogen-bond donors (Lipinski definition) is 1. The van der Waals surface area contributed by atoms with E-state index in [4.69, 9.17) is 4.74 Å². The van der Waals surface area contributed by atoms with E-state index in [1.165, 1.54) is 24.1 Å². The van der Waals surface area contributed by atoms with Crippen LogP contribution >= 0.6 is 0 Å². The lowest BCUT2D eigenvalue weighted by molar-refractivity contribution is -0.140. The number of anilines is 1. The molecule has 2 amide bonds. The monoisotopic (exact) mass is 577 g/mol. The summed E-state index contributed by atoms with van der Waals surface area (Å²) in [7, 11) is -2.58. The van der Waals surface area contributed by atoms with E-state index >= 15 is 0 Å². The fourth-order valence-corrected chi connectivity index (χ4v) is 6.61. The number of rotatable bonds is 12. The van der Waals surface area contributed by atoms with Gasteiger partial charge in [0.15, 0.2) is 0 Å². The Kier molecular flexibility index (Phi) is 10.0. The molecule has 1 aliphatic rings. The summed E-state index contributed by atoms with van der Waals surface area (Å²) in [4.78, 5) is 29.3. The highest BCUT2D eigenvalue weighted by molar-refractivity contribution is 7.92. The minimum absolute atomic E-state index is 0.0692. The normalized spacial score (nSPS) is 14.3. The number of benzene rings is 3. The number of nitrogens with one attached hydrogen (secondary N) is 1.